The summed E-state index contributed by atoms with van der Waals surface area (Å²) in [7, 11) is 0. The van der Waals surface area contributed by atoms with Gasteiger partial charge in [0.25, 0.3) is 0 Å². The number of aliphatic hydroxyl groups excluding tert-OH is 1. The lowest BCUT2D eigenvalue weighted by Gasteiger charge is -2.13. The molecule has 0 saturated heterocycles. The van der Waals surface area contributed by atoms with Crippen molar-refractivity contribution in [3.8, 4) is 0 Å². The summed E-state index contributed by atoms with van der Waals surface area (Å²) >= 11 is 5.67. The fraction of sp³-hybridized carbons (Fsp3) is 0.200. The first-order valence-electron chi connectivity index (χ1n) is 6.15. The number of rotatable bonds is 5. The van der Waals surface area contributed by atoms with Gasteiger partial charge < -0.3 is 10.4 Å². The van der Waals surface area contributed by atoms with Crippen molar-refractivity contribution in [2.75, 3.05) is 6.54 Å². The van der Waals surface area contributed by atoms with Crippen molar-refractivity contribution in [3.05, 3.63) is 70.2 Å². The summed E-state index contributed by atoms with van der Waals surface area (Å²) in [6.45, 7) is 0.324. The van der Waals surface area contributed by atoms with E-state index in [0.29, 0.717) is 5.56 Å². The van der Waals surface area contributed by atoms with Crippen LogP contribution in [-0.4, -0.2) is 11.7 Å². The molecule has 106 valence electrons. The molecule has 0 aromatic heterocycles. The number of hydrogen-bond donors (Lipinski definition) is 2. The smallest absolute Gasteiger partial charge is 0.146 e. The molecular formula is C15H14ClF2NO. The molecule has 0 fully saturated rings. The highest BCUT2D eigenvalue weighted by molar-refractivity contribution is 6.30. The average molecular weight is 298 g/mol. The monoisotopic (exact) mass is 297 g/mol. The third-order valence-electron chi connectivity index (χ3n) is 2.95. The van der Waals surface area contributed by atoms with Gasteiger partial charge in [0.15, 0.2) is 0 Å². The molecule has 2 N–H and O–H groups in total. The quantitative estimate of drug-likeness (QED) is 0.886. The van der Waals surface area contributed by atoms with Crippen molar-refractivity contribution < 1.29 is 13.9 Å². The van der Waals surface area contributed by atoms with E-state index >= 15 is 0 Å². The summed E-state index contributed by atoms with van der Waals surface area (Å²) in [5, 5.41) is 12.8. The SMILES string of the molecule is OC(CNCc1cccc(Cl)c1F)c1ccccc1F. The van der Waals surface area contributed by atoms with E-state index in [-0.39, 0.29) is 23.7 Å². The molecule has 0 amide bonds. The van der Waals surface area contributed by atoms with Crippen LogP contribution in [0.15, 0.2) is 42.5 Å². The molecular weight excluding hydrogens is 284 g/mol. The first-order valence-corrected chi connectivity index (χ1v) is 6.53. The molecule has 20 heavy (non-hydrogen) atoms. The van der Waals surface area contributed by atoms with E-state index in [4.69, 9.17) is 11.6 Å². The second-order valence-corrected chi connectivity index (χ2v) is 4.79. The van der Waals surface area contributed by atoms with E-state index in [1.165, 1.54) is 18.2 Å². The fourth-order valence-corrected chi connectivity index (χ4v) is 2.08. The van der Waals surface area contributed by atoms with Crippen molar-refractivity contribution in [3.63, 3.8) is 0 Å². The van der Waals surface area contributed by atoms with E-state index < -0.39 is 17.7 Å². The molecule has 0 aliphatic carbocycles. The van der Waals surface area contributed by atoms with Crippen LogP contribution in [0.5, 0.6) is 0 Å². The third-order valence-corrected chi connectivity index (χ3v) is 3.24. The molecule has 2 aromatic rings. The molecule has 0 saturated carbocycles. The van der Waals surface area contributed by atoms with Crippen molar-refractivity contribution in [1.82, 2.24) is 5.32 Å². The van der Waals surface area contributed by atoms with Gasteiger partial charge >= 0.3 is 0 Å². The maximum absolute atomic E-state index is 13.6. The van der Waals surface area contributed by atoms with Crippen LogP contribution in [0.4, 0.5) is 8.78 Å². The number of nitrogens with one attached hydrogen (secondary N) is 1. The minimum absolute atomic E-state index is 0.0546. The van der Waals surface area contributed by atoms with E-state index in [9.17, 15) is 13.9 Å². The van der Waals surface area contributed by atoms with Gasteiger partial charge in [-0.25, -0.2) is 8.78 Å². The van der Waals surface area contributed by atoms with Gasteiger partial charge in [-0.1, -0.05) is 41.9 Å². The zero-order chi connectivity index (χ0) is 14.5. The first-order chi connectivity index (χ1) is 9.59. The Labute approximate surface area is 121 Å². The van der Waals surface area contributed by atoms with E-state index in [0.717, 1.165) is 0 Å². The van der Waals surface area contributed by atoms with Crippen LogP contribution in [0, 0.1) is 11.6 Å². The summed E-state index contributed by atoms with van der Waals surface area (Å²) < 4.78 is 27.1. The van der Waals surface area contributed by atoms with Gasteiger partial charge in [-0.3, -0.25) is 0 Å². The zero-order valence-corrected chi connectivity index (χ0v) is 11.4. The first kappa shape index (κ1) is 14.9. The van der Waals surface area contributed by atoms with E-state index in [1.807, 2.05) is 0 Å². The van der Waals surface area contributed by atoms with Crippen molar-refractivity contribution >= 4 is 11.6 Å². The predicted octanol–water partition coefficient (Wildman–Crippen LogP) is 3.44. The van der Waals surface area contributed by atoms with Crippen molar-refractivity contribution in [1.29, 1.82) is 0 Å². The van der Waals surface area contributed by atoms with Crippen LogP contribution < -0.4 is 5.32 Å². The molecule has 0 radical (unpaired) electrons. The van der Waals surface area contributed by atoms with Gasteiger partial charge in [-0.05, 0) is 12.1 Å². The second kappa shape index (κ2) is 6.79. The van der Waals surface area contributed by atoms with Gasteiger partial charge in [0.2, 0.25) is 0 Å². The summed E-state index contributed by atoms with van der Waals surface area (Å²) in [5.41, 5.74) is 0.616. The minimum Gasteiger partial charge on any atom is -0.387 e. The Bertz CT molecular complexity index is 592. The Balaban J connectivity index is 1.93. The summed E-state index contributed by atoms with van der Waals surface area (Å²) in [6.07, 6.45) is -0.988. The molecule has 5 heteroatoms. The van der Waals surface area contributed by atoms with Crippen molar-refractivity contribution in [2.24, 2.45) is 0 Å². The highest BCUT2D eigenvalue weighted by atomic mass is 35.5. The predicted molar refractivity (Wildman–Crippen MR) is 74.5 cm³/mol. The Morgan fingerprint density at radius 3 is 2.60 bits per heavy atom. The lowest BCUT2D eigenvalue weighted by atomic mass is 10.1. The molecule has 1 unspecified atom stereocenters. The van der Waals surface area contributed by atoms with Gasteiger partial charge in [0.1, 0.15) is 11.6 Å². The number of halogens is 3. The maximum atomic E-state index is 13.6. The average Bonchev–Trinajstić information content (AvgIpc) is 2.44. The molecule has 2 rings (SSSR count). The van der Waals surface area contributed by atoms with Gasteiger partial charge in [-0.2, -0.15) is 0 Å². The summed E-state index contributed by atoms with van der Waals surface area (Å²) in [4.78, 5) is 0. The standard InChI is InChI=1S/C15H14ClF2NO/c16-12-6-3-4-10(15(12)18)8-19-9-14(20)11-5-1-2-7-13(11)17/h1-7,14,19-20H,8-9H2. The molecule has 0 aliphatic heterocycles. The summed E-state index contributed by atoms with van der Waals surface area (Å²) in [6, 6.07) is 10.7. The van der Waals surface area contributed by atoms with E-state index in [2.05, 4.69) is 5.32 Å². The Kier molecular flexibility index (Phi) is 5.06. The molecule has 0 bridgehead atoms. The minimum atomic E-state index is -0.988. The van der Waals surface area contributed by atoms with Crippen LogP contribution in [0.1, 0.15) is 17.2 Å². The van der Waals surface area contributed by atoms with Gasteiger partial charge in [0, 0.05) is 24.2 Å². The van der Waals surface area contributed by atoms with Crippen LogP contribution in [0.25, 0.3) is 0 Å². The van der Waals surface area contributed by atoms with Gasteiger partial charge in [0.05, 0.1) is 11.1 Å². The molecule has 0 spiro atoms. The number of aliphatic hydroxyl groups is 1. The van der Waals surface area contributed by atoms with E-state index in [1.54, 1.807) is 24.3 Å². The molecule has 2 nitrogen and oxygen atoms in total. The normalized spacial score (nSPS) is 12.4. The maximum Gasteiger partial charge on any atom is 0.146 e. The van der Waals surface area contributed by atoms with Crippen LogP contribution in [0.2, 0.25) is 5.02 Å². The topological polar surface area (TPSA) is 32.3 Å². The molecule has 0 aliphatic rings. The number of hydrogen-bond acceptors (Lipinski definition) is 2. The molecule has 1 atom stereocenters. The second-order valence-electron chi connectivity index (χ2n) is 4.38. The van der Waals surface area contributed by atoms with Gasteiger partial charge in [-0.15, -0.1) is 0 Å². The highest BCUT2D eigenvalue weighted by Gasteiger charge is 2.12. The lowest BCUT2D eigenvalue weighted by Crippen LogP contribution is -2.22. The summed E-state index contributed by atoms with van der Waals surface area (Å²) in [5.74, 6) is -0.946. The third kappa shape index (κ3) is 3.54. The lowest BCUT2D eigenvalue weighted by molar-refractivity contribution is 0.169. The van der Waals surface area contributed by atoms with Crippen LogP contribution >= 0.6 is 11.6 Å². The Morgan fingerprint density at radius 1 is 1.10 bits per heavy atom. The van der Waals surface area contributed by atoms with Crippen molar-refractivity contribution in [2.45, 2.75) is 12.6 Å². The van der Waals surface area contributed by atoms with Crippen LogP contribution in [-0.2, 0) is 6.54 Å². The van der Waals surface area contributed by atoms with Crippen LogP contribution in [0.3, 0.4) is 0 Å². The fourth-order valence-electron chi connectivity index (χ4n) is 1.88. The number of benzene rings is 2. The largest absolute Gasteiger partial charge is 0.387 e. The highest BCUT2D eigenvalue weighted by Crippen LogP contribution is 2.18. The molecule has 0 heterocycles. The Morgan fingerprint density at radius 2 is 1.85 bits per heavy atom. The zero-order valence-electron chi connectivity index (χ0n) is 10.6. The Hall–Kier alpha value is -1.49. The molecule has 2 aromatic carbocycles.